The molecule has 162 valence electrons. The molecule has 5 rings (SSSR count). The zero-order valence-electron chi connectivity index (χ0n) is 17.3. The zero-order chi connectivity index (χ0) is 22.1. The highest BCUT2D eigenvalue weighted by Gasteiger charge is 2.30. The van der Waals surface area contributed by atoms with E-state index in [1.54, 1.807) is 24.4 Å². The third-order valence-electron chi connectivity index (χ3n) is 6.08. The van der Waals surface area contributed by atoms with Gasteiger partial charge in [-0.05, 0) is 54.7 Å². The van der Waals surface area contributed by atoms with Crippen LogP contribution in [0, 0.1) is 17.2 Å². The maximum Gasteiger partial charge on any atom is 0.243 e. The van der Waals surface area contributed by atoms with E-state index in [0.29, 0.717) is 24.6 Å². The second-order valence-electron chi connectivity index (χ2n) is 8.07. The van der Waals surface area contributed by atoms with E-state index < -0.39 is 10.0 Å². The van der Waals surface area contributed by atoms with Crippen LogP contribution in [0.3, 0.4) is 0 Å². The predicted molar refractivity (Wildman–Crippen MR) is 120 cm³/mol. The van der Waals surface area contributed by atoms with Gasteiger partial charge < -0.3 is 0 Å². The van der Waals surface area contributed by atoms with Gasteiger partial charge in [-0.25, -0.2) is 8.42 Å². The summed E-state index contributed by atoms with van der Waals surface area (Å²) in [6.45, 7) is 1.69. The highest BCUT2D eigenvalue weighted by atomic mass is 32.2. The maximum atomic E-state index is 13.0. The summed E-state index contributed by atoms with van der Waals surface area (Å²) in [4.78, 5) is 0.182. The Morgan fingerprint density at radius 2 is 1.94 bits per heavy atom. The molecule has 1 aliphatic heterocycles. The molecule has 0 saturated carbocycles. The van der Waals surface area contributed by atoms with Gasteiger partial charge in [0.15, 0.2) is 0 Å². The number of fused-ring (bicyclic) bond motifs is 1. The van der Waals surface area contributed by atoms with Crippen LogP contribution in [0.1, 0.15) is 18.4 Å². The first-order valence-corrected chi connectivity index (χ1v) is 11.9. The molecule has 32 heavy (non-hydrogen) atoms. The molecule has 9 heteroatoms. The Balaban J connectivity index is 1.27. The van der Waals surface area contributed by atoms with E-state index in [0.717, 1.165) is 41.4 Å². The summed E-state index contributed by atoms with van der Waals surface area (Å²) in [6, 6.07) is 14.5. The minimum Gasteiger partial charge on any atom is -0.285 e. The Kier molecular flexibility index (Phi) is 5.25. The first-order valence-electron chi connectivity index (χ1n) is 10.5. The number of aromatic nitrogens is 4. The number of hydrogen-bond acceptors (Lipinski definition) is 5. The van der Waals surface area contributed by atoms with Crippen LogP contribution in [0.4, 0.5) is 0 Å². The molecule has 0 radical (unpaired) electrons. The van der Waals surface area contributed by atoms with Crippen molar-refractivity contribution in [2.75, 3.05) is 13.1 Å². The monoisotopic (exact) mass is 446 g/mol. The first-order chi connectivity index (χ1) is 15.5. The van der Waals surface area contributed by atoms with Gasteiger partial charge in [-0.3, -0.25) is 9.78 Å². The number of sulfonamides is 1. The average molecular weight is 447 g/mol. The van der Waals surface area contributed by atoms with Gasteiger partial charge in [-0.1, -0.05) is 12.1 Å². The molecule has 3 heterocycles. The molecule has 0 aliphatic carbocycles. The van der Waals surface area contributed by atoms with E-state index in [1.165, 1.54) is 10.4 Å². The second-order valence-corrected chi connectivity index (χ2v) is 10.0. The molecule has 0 spiro atoms. The van der Waals surface area contributed by atoms with E-state index in [1.807, 2.05) is 23.1 Å². The molecule has 0 amide bonds. The van der Waals surface area contributed by atoms with Crippen LogP contribution in [-0.2, 0) is 16.6 Å². The molecule has 0 atom stereocenters. The van der Waals surface area contributed by atoms with Crippen LogP contribution >= 0.6 is 0 Å². The Hall–Kier alpha value is -3.48. The lowest BCUT2D eigenvalue weighted by Crippen LogP contribution is -2.39. The Labute approximate surface area is 186 Å². The fourth-order valence-corrected chi connectivity index (χ4v) is 5.79. The normalized spacial score (nSPS) is 15.7. The van der Waals surface area contributed by atoms with Crippen molar-refractivity contribution in [3.05, 3.63) is 66.6 Å². The summed E-state index contributed by atoms with van der Waals surface area (Å²) in [6.07, 6.45) is 7.08. The summed E-state index contributed by atoms with van der Waals surface area (Å²) in [5.74, 6) is 0.351. The molecule has 2 aromatic carbocycles. The van der Waals surface area contributed by atoms with Crippen molar-refractivity contribution in [2.24, 2.45) is 5.92 Å². The fraction of sp³-hybridized carbons (Fsp3) is 0.261. The van der Waals surface area contributed by atoms with Crippen LogP contribution in [-0.4, -0.2) is 45.8 Å². The van der Waals surface area contributed by atoms with E-state index in [9.17, 15) is 8.42 Å². The number of hydrogen-bond donors (Lipinski definition) is 1. The minimum absolute atomic E-state index is 0.182. The van der Waals surface area contributed by atoms with Gasteiger partial charge in [0.25, 0.3) is 0 Å². The zero-order valence-corrected chi connectivity index (χ0v) is 18.2. The van der Waals surface area contributed by atoms with E-state index >= 15 is 0 Å². The van der Waals surface area contributed by atoms with Crippen molar-refractivity contribution >= 4 is 20.9 Å². The molecule has 1 saturated heterocycles. The highest BCUT2D eigenvalue weighted by Crippen LogP contribution is 2.28. The van der Waals surface area contributed by atoms with Crippen molar-refractivity contribution in [2.45, 2.75) is 24.3 Å². The molecule has 1 aliphatic rings. The third kappa shape index (κ3) is 3.79. The minimum atomic E-state index is -3.59. The molecule has 8 nitrogen and oxygen atoms in total. The maximum absolute atomic E-state index is 13.0. The Morgan fingerprint density at radius 1 is 1.09 bits per heavy atom. The summed E-state index contributed by atoms with van der Waals surface area (Å²) in [7, 11) is -3.59. The van der Waals surface area contributed by atoms with Gasteiger partial charge in [0, 0.05) is 36.8 Å². The van der Waals surface area contributed by atoms with Gasteiger partial charge in [0.1, 0.15) is 0 Å². The smallest absolute Gasteiger partial charge is 0.243 e. The number of nitrogens with zero attached hydrogens (tertiary/aromatic N) is 5. The van der Waals surface area contributed by atoms with Gasteiger partial charge >= 0.3 is 0 Å². The van der Waals surface area contributed by atoms with Gasteiger partial charge in [-0.15, -0.1) is 0 Å². The summed E-state index contributed by atoms with van der Waals surface area (Å²) in [5.41, 5.74) is 3.54. The van der Waals surface area contributed by atoms with Crippen molar-refractivity contribution in [1.82, 2.24) is 24.3 Å². The largest absolute Gasteiger partial charge is 0.285 e. The van der Waals surface area contributed by atoms with Crippen molar-refractivity contribution in [3.63, 3.8) is 0 Å². The predicted octanol–water partition coefficient (Wildman–Crippen LogP) is 3.40. The topological polar surface area (TPSA) is 108 Å². The molecular weight excluding hydrogens is 424 g/mol. The molecular formula is C23H22N6O2S. The van der Waals surface area contributed by atoms with Crippen molar-refractivity contribution in [1.29, 1.82) is 5.26 Å². The lowest BCUT2D eigenvalue weighted by molar-refractivity contribution is 0.249. The number of H-pyrrole nitrogens is 1. The van der Waals surface area contributed by atoms with Crippen LogP contribution in [0.25, 0.3) is 22.0 Å². The molecule has 1 fully saturated rings. The van der Waals surface area contributed by atoms with Crippen LogP contribution < -0.4 is 0 Å². The van der Waals surface area contributed by atoms with Crippen LogP contribution in [0.2, 0.25) is 0 Å². The number of piperidine rings is 1. The fourth-order valence-electron chi connectivity index (χ4n) is 4.27. The summed E-state index contributed by atoms with van der Waals surface area (Å²) in [5, 5.41) is 21.5. The summed E-state index contributed by atoms with van der Waals surface area (Å²) >= 11 is 0. The van der Waals surface area contributed by atoms with Crippen LogP contribution in [0.15, 0.2) is 66.0 Å². The average Bonchev–Trinajstić information content (AvgIpc) is 3.50. The van der Waals surface area contributed by atoms with Gasteiger partial charge in [-0.2, -0.15) is 19.8 Å². The van der Waals surface area contributed by atoms with E-state index in [4.69, 9.17) is 5.26 Å². The molecule has 0 bridgehead atoms. The molecule has 2 aromatic heterocycles. The van der Waals surface area contributed by atoms with Crippen LogP contribution in [0.5, 0.6) is 0 Å². The molecule has 4 aromatic rings. The van der Waals surface area contributed by atoms with E-state index in [2.05, 4.69) is 33.5 Å². The number of benzene rings is 2. The van der Waals surface area contributed by atoms with Gasteiger partial charge in [0.2, 0.25) is 10.0 Å². The second kappa shape index (κ2) is 8.22. The number of nitrogens with one attached hydrogen (secondary N) is 1. The first kappa shape index (κ1) is 20.4. The standard InChI is InChI=1S/C23H22N6O2S/c24-12-18-2-1-3-22(10-18)32(30,31)28-8-6-17(7-9-28)16-29-23-5-4-19(11-20(23)15-27-29)21-13-25-26-14-21/h1-5,10-11,13-15,17H,6-9,16H2,(H,25,26). The lowest BCUT2D eigenvalue weighted by atomic mass is 9.98. The summed E-state index contributed by atoms with van der Waals surface area (Å²) < 4.78 is 29.5. The molecule has 1 N–H and O–H groups in total. The van der Waals surface area contributed by atoms with Crippen molar-refractivity contribution < 1.29 is 8.42 Å². The van der Waals surface area contributed by atoms with Crippen molar-refractivity contribution in [3.8, 4) is 17.2 Å². The number of aromatic amines is 1. The lowest BCUT2D eigenvalue weighted by Gasteiger charge is -2.31. The Bertz CT molecular complexity index is 1390. The number of rotatable bonds is 5. The SMILES string of the molecule is N#Cc1cccc(S(=O)(=O)N2CCC(Cn3ncc4cc(-c5cn[nH]c5)ccc43)CC2)c1. The molecule has 0 unspecified atom stereocenters. The highest BCUT2D eigenvalue weighted by molar-refractivity contribution is 7.89. The third-order valence-corrected chi connectivity index (χ3v) is 7.97. The Morgan fingerprint density at radius 3 is 2.69 bits per heavy atom. The number of nitriles is 1. The van der Waals surface area contributed by atoms with Gasteiger partial charge in [0.05, 0.1) is 34.4 Å². The van der Waals surface area contributed by atoms with E-state index in [-0.39, 0.29) is 4.90 Å². The quantitative estimate of drug-likeness (QED) is 0.506.